The van der Waals surface area contributed by atoms with E-state index in [-0.39, 0.29) is 11.3 Å². The lowest BCUT2D eigenvalue weighted by atomic mass is 10.0. The van der Waals surface area contributed by atoms with Crippen LogP contribution in [0.5, 0.6) is 0 Å². The molecule has 1 heterocycles. The molecule has 0 radical (unpaired) electrons. The molecule has 1 aliphatic rings. The number of aliphatic carboxylic acids is 1. The molecular formula is C10H11F6NO3. The number of alkyl halides is 6. The normalized spacial score (nSPS) is 24.3. The Morgan fingerprint density at radius 3 is 1.95 bits per heavy atom. The van der Waals surface area contributed by atoms with E-state index in [1.54, 1.807) is 0 Å². The van der Waals surface area contributed by atoms with Gasteiger partial charge in [0.05, 0.1) is 0 Å². The first-order valence-electron chi connectivity index (χ1n) is 5.54. The van der Waals surface area contributed by atoms with Crippen molar-refractivity contribution < 1.29 is 41.0 Å². The second kappa shape index (κ2) is 5.13. The van der Waals surface area contributed by atoms with Gasteiger partial charge in [0.25, 0.3) is 0 Å². The average Bonchev–Trinajstić information content (AvgIpc) is 2.55. The van der Waals surface area contributed by atoms with Crippen molar-refractivity contribution in [2.75, 3.05) is 6.54 Å². The van der Waals surface area contributed by atoms with Gasteiger partial charge in [0.15, 0.2) is 0 Å². The van der Waals surface area contributed by atoms with Gasteiger partial charge in [-0.3, -0.25) is 4.79 Å². The first-order chi connectivity index (χ1) is 8.87. The molecule has 1 saturated heterocycles. The highest BCUT2D eigenvalue weighted by atomic mass is 19.4. The molecule has 1 fully saturated rings. The summed E-state index contributed by atoms with van der Waals surface area (Å²) in [7, 11) is 0. The highest BCUT2D eigenvalue weighted by Gasteiger charge is 2.63. The summed E-state index contributed by atoms with van der Waals surface area (Å²) in [5.74, 6) is -8.78. The largest absolute Gasteiger partial charge is 0.480 e. The number of carbonyl (C=O) groups excluding carboxylic acids is 1. The SMILES string of the molecule is CC1CCN(C(=O)C(C(F)(F)F)C(F)(F)F)C1C(=O)O. The van der Waals surface area contributed by atoms with Crippen LogP contribution in [-0.4, -0.2) is 46.8 Å². The fraction of sp³-hybridized carbons (Fsp3) is 0.800. The molecule has 10 heteroatoms. The summed E-state index contributed by atoms with van der Waals surface area (Å²) in [6.07, 6.45) is -11.6. The van der Waals surface area contributed by atoms with E-state index in [4.69, 9.17) is 5.11 Å². The molecule has 2 unspecified atom stereocenters. The summed E-state index contributed by atoms with van der Waals surface area (Å²) in [5.41, 5.74) is 0. The third-order valence-electron chi connectivity index (χ3n) is 3.14. The van der Waals surface area contributed by atoms with Gasteiger partial charge in [-0.15, -0.1) is 0 Å². The van der Waals surface area contributed by atoms with Gasteiger partial charge in [-0.1, -0.05) is 6.92 Å². The van der Waals surface area contributed by atoms with E-state index in [1.165, 1.54) is 6.92 Å². The Balaban J connectivity index is 3.11. The fourth-order valence-electron chi connectivity index (χ4n) is 2.20. The molecule has 2 atom stereocenters. The van der Waals surface area contributed by atoms with E-state index in [0.29, 0.717) is 0 Å². The first kappa shape index (κ1) is 16.6. The summed E-state index contributed by atoms with van der Waals surface area (Å²) in [5, 5.41) is 8.83. The zero-order valence-corrected chi connectivity index (χ0v) is 10.1. The van der Waals surface area contributed by atoms with Crippen LogP contribution >= 0.6 is 0 Å². The predicted molar refractivity (Wildman–Crippen MR) is 52.5 cm³/mol. The number of halogens is 6. The molecule has 4 nitrogen and oxygen atoms in total. The number of hydrogen-bond acceptors (Lipinski definition) is 2. The van der Waals surface area contributed by atoms with Crippen molar-refractivity contribution in [2.24, 2.45) is 11.8 Å². The lowest BCUT2D eigenvalue weighted by Gasteiger charge is -2.29. The molecule has 0 aromatic rings. The standard InChI is InChI=1S/C10H11F6NO3/c1-4-2-3-17(5(4)8(19)20)7(18)6(9(11,12)13)10(14,15)16/h4-6H,2-3H2,1H3,(H,19,20). The molecule has 0 saturated carbocycles. The number of carbonyl (C=O) groups is 2. The molecule has 0 spiro atoms. The van der Waals surface area contributed by atoms with E-state index in [0.717, 1.165) is 0 Å². The van der Waals surface area contributed by atoms with Crippen molar-refractivity contribution in [2.45, 2.75) is 31.7 Å². The van der Waals surface area contributed by atoms with Gasteiger partial charge in [0.2, 0.25) is 11.8 Å². The predicted octanol–water partition coefficient (Wildman–Crippen LogP) is 2.05. The highest BCUT2D eigenvalue weighted by molar-refractivity contribution is 5.86. The Bertz CT molecular complexity index is 391. The summed E-state index contributed by atoms with van der Waals surface area (Å²) < 4.78 is 74.6. The summed E-state index contributed by atoms with van der Waals surface area (Å²) in [4.78, 5) is 22.6. The van der Waals surface area contributed by atoms with Crippen LogP contribution < -0.4 is 0 Å². The molecule has 0 bridgehead atoms. The van der Waals surface area contributed by atoms with Crippen LogP contribution in [0.3, 0.4) is 0 Å². The lowest BCUT2D eigenvalue weighted by molar-refractivity contribution is -0.278. The van der Waals surface area contributed by atoms with E-state index >= 15 is 0 Å². The maximum Gasteiger partial charge on any atom is 0.409 e. The molecule has 0 aromatic heterocycles. The van der Waals surface area contributed by atoms with Gasteiger partial charge < -0.3 is 10.0 Å². The number of carboxylic acids is 1. The molecule has 20 heavy (non-hydrogen) atoms. The van der Waals surface area contributed by atoms with Crippen LogP contribution in [0.15, 0.2) is 0 Å². The minimum absolute atomic E-state index is 0.0329. The third-order valence-corrected chi connectivity index (χ3v) is 3.14. The van der Waals surface area contributed by atoms with Crippen molar-refractivity contribution in [1.82, 2.24) is 4.90 Å². The van der Waals surface area contributed by atoms with Gasteiger partial charge in [-0.25, -0.2) is 4.79 Å². The number of amides is 1. The number of hydrogen-bond donors (Lipinski definition) is 1. The Labute approximate surface area is 109 Å². The molecule has 0 aromatic carbocycles. The van der Waals surface area contributed by atoms with Crippen molar-refractivity contribution in [3.05, 3.63) is 0 Å². The second-order valence-electron chi connectivity index (χ2n) is 4.60. The fourth-order valence-corrected chi connectivity index (χ4v) is 2.20. The molecule has 1 N–H and O–H groups in total. The smallest absolute Gasteiger partial charge is 0.409 e. The first-order valence-corrected chi connectivity index (χ1v) is 5.54. The minimum Gasteiger partial charge on any atom is -0.480 e. The Hall–Kier alpha value is -1.48. The maximum atomic E-state index is 12.4. The molecule has 116 valence electrons. The summed E-state index contributed by atoms with van der Waals surface area (Å²) in [6, 6.07) is -1.67. The number of likely N-dealkylation sites (tertiary alicyclic amines) is 1. The summed E-state index contributed by atoms with van der Waals surface area (Å²) >= 11 is 0. The van der Waals surface area contributed by atoms with Crippen LogP contribution in [0, 0.1) is 11.8 Å². The van der Waals surface area contributed by atoms with Crippen LogP contribution in [0.25, 0.3) is 0 Å². The van der Waals surface area contributed by atoms with Gasteiger partial charge >= 0.3 is 18.3 Å². The van der Waals surface area contributed by atoms with Crippen LogP contribution in [-0.2, 0) is 9.59 Å². The number of nitrogens with zero attached hydrogens (tertiary/aromatic N) is 1. The van der Waals surface area contributed by atoms with E-state index in [2.05, 4.69) is 0 Å². The molecule has 1 amide bonds. The topological polar surface area (TPSA) is 57.6 Å². The van der Waals surface area contributed by atoms with Gasteiger partial charge in [0.1, 0.15) is 6.04 Å². The molecule has 1 aliphatic heterocycles. The van der Waals surface area contributed by atoms with Crippen molar-refractivity contribution in [3.63, 3.8) is 0 Å². The molecular weight excluding hydrogens is 296 g/mol. The van der Waals surface area contributed by atoms with E-state index < -0.39 is 48.7 Å². The summed E-state index contributed by atoms with van der Waals surface area (Å²) in [6.45, 7) is 0.905. The van der Waals surface area contributed by atoms with Crippen molar-refractivity contribution >= 4 is 11.9 Å². The monoisotopic (exact) mass is 307 g/mol. The van der Waals surface area contributed by atoms with Gasteiger partial charge in [0, 0.05) is 6.54 Å². The quantitative estimate of drug-likeness (QED) is 0.794. The molecule has 1 rings (SSSR count). The minimum atomic E-state index is -5.82. The Morgan fingerprint density at radius 1 is 1.15 bits per heavy atom. The van der Waals surface area contributed by atoms with E-state index in [1.807, 2.05) is 0 Å². The Kier molecular flexibility index (Phi) is 4.25. The van der Waals surface area contributed by atoms with Crippen molar-refractivity contribution in [3.8, 4) is 0 Å². The maximum absolute atomic E-state index is 12.4. The number of carboxylic acid groups (broad SMARTS) is 1. The van der Waals surface area contributed by atoms with Crippen LogP contribution in [0.1, 0.15) is 13.3 Å². The highest BCUT2D eigenvalue weighted by Crippen LogP contribution is 2.41. The van der Waals surface area contributed by atoms with Crippen LogP contribution in [0.2, 0.25) is 0 Å². The van der Waals surface area contributed by atoms with Gasteiger partial charge in [-0.05, 0) is 12.3 Å². The number of rotatable bonds is 2. The Morgan fingerprint density at radius 2 is 1.60 bits per heavy atom. The average molecular weight is 307 g/mol. The molecule has 0 aliphatic carbocycles. The zero-order valence-electron chi connectivity index (χ0n) is 10.1. The second-order valence-corrected chi connectivity index (χ2v) is 4.60. The third kappa shape index (κ3) is 3.15. The van der Waals surface area contributed by atoms with Gasteiger partial charge in [-0.2, -0.15) is 26.3 Å². The lowest BCUT2D eigenvalue weighted by Crippen LogP contribution is -2.53. The van der Waals surface area contributed by atoms with Crippen LogP contribution in [0.4, 0.5) is 26.3 Å². The van der Waals surface area contributed by atoms with E-state index in [9.17, 15) is 35.9 Å². The zero-order chi connectivity index (χ0) is 15.9. The van der Waals surface area contributed by atoms with Crippen molar-refractivity contribution in [1.29, 1.82) is 0 Å².